The van der Waals surface area contributed by atoms with Crippen LogP contribution in [0.5, 0.6) is 0 Å². The van der Waals surface area contributed by atoms with Gasteiger partial charge in [0.05, 0.1) is 16.9 Å². The van der Waals surface area contributed by atoms with E-state index in [4.69, 9.17) is 9.40 Å². The van der Waals surface area contributed by atoms with E-state index in [1.54, 1.807) is 24.3 Å². The fourth-order valence-electron chi connectivity index (χ4n) is 8.81. The first-order chi connectivity index (χ1) is 25.5. The molecule has 0 fully saturated rings. The summed E-state index contributed by atoms with van der Waals surface area (Å²) >= 11 is 0. The van der Waals surface area contributed by atoms with Crippen molar-refractivity contribution in [3.63, 3.8) is 0 Å². The summed E-state index contributed by atoms with van der Waals surface area (Å²) in [7, 11) is 2.02. The van der Waals surface area contributed by atoms with E-state index in [2.05, 4.69) is 61.9 Å². The maximum atomic E-state index is 14.3. The topological polar surface area (TPSA) is 99.0 Å². The molecule has 2 amide bonds. The predicted octanol–water partition coefficient (Wildman–Crippen LogP) is 8.59. The van der Waals surface area contributed by atoms with Gasteiger partial charge in [-0.15, -0.1) is 0 Å². The van der Waals surface area contributed by atoms with Gasteiger partial charge in [-0.2, -0.15) is 0 Å². The van der Waals surface area contributed by atoms with Crippen molar-refractivity contribution in [2.45, 2.75) is 40.0 Å². The molecule has 0 spiro atoms. The van der Waals surface area contributed by atoms with Crippen LogP contribution in [0, 0.1) is 5.41 Å². The quantitative estimate of drug-likeness (QED) is 0.105. The van der Waals surface area contributed by atoms with E-state index in [9.17, 15) is 14.4 Å². The number of hydrogen-bond acceptors (Lipinski definition) is 8. The Balaban J connectivity index is 1.06. The van der Waals surface area contributed by atoms with Crippen LogP contribution in [0.3, 0.4) is 0 Å². The number of carbonyl (C=O) groups excluding carboxylic acids is 2. The minimum atomic E-state index is -0.657. The van der Waals surface area contributed by atoms with Crippen LogP contribution in [0.4, 0.5) is 28.4 Å². The van der Waals surface area contributed by atoms with Crippen molar-refractivity contribution < 1.29 is 14.0 Å². The Hall–Kier alpha value is -6.22. The number of hydrogen-bond donors (Lipinski definition) is 1. The molecule has 2 aliphatic heterocycles. The fourth-order valence-corrected chi connectivity index (χ4v) is 8.81. The van der Waals surface area contributed by atoms with Crippen molar-refractivity contribution in [3.05, 3.63) is 130 Å². The van der Waals surface area contributed by atoms with Gasteiger partial charge in [0.2, 0.25) is 0 Å². The summed E-state index contributed by atoms with van der Waals surface area (Å²) < 4.78 is 6.46. The van der Waals surface area contributed by atoms with Gasteiger partial charge in [-0.1, -0.05) is 32.0 Å². The van der Waals surface area contributed by atoms with Gasteiger partial charge in [0, 0.05) is 82.2 Å². The maximum Gasteiger partial charge on any atom is 0.265 e. The van der Waals surface area contributed by atoms with Crippen molar-refractivity contribution in [1.82, 2.24) is 4.98 Å². The normalized spacial score (nSPS) is 18.9. The van der Waals surface area contributed by atoms with Crippen molar-refractivity contribution in [3.8, 4) is 0 Å². The third kappa shape index (κ3) is 4.49. The average Bonchev–Trinajstić information content (AvgIpc) is 3.54. The van der Waals surface area contributed by atoms with E-state index in [1.807, 2.05) is 61.7 Å². The van der Waals surface area contributed by atoms with Crippen molar-refractivity contribution in [2.75, 3.05) is 40.2 Å². The summed E-state index contributed by atoms with van der Waals surface area (Å²) in [5.74, 6) is -0.615. The lowest BCUT2D eigenvalue weighted by molar-refractivity contribution is -0.121. The molecule has 9 heteroatoms. The molecule has 5 aromatic carbocycles. The molecule has 1 aliphatic carbocycles. The van der Waals surface area contributed by atoms with Crippen LogP contribution in [-0.2, 0) is 15.0 Å². The highest BCUT2D eigenvalue weighted by Crippen LogP contribution is 2.62. The lowest BCUT2D eigenvalue weighted by Crippen LogP contribution is -2.46. The van der Waals surface area contributed by atoms with E-state index >= 15 is 0 Å². The second kappa shape index (κ2) is 11.4. The summed E-state index contributed by atoms with van der Waals surface area (Å²) in [4.78, 5) is 51.6. The second-order valence-electron chi connectivity index (χ2n) is 14.8. The zero-order chi connectivity index (χ0) is 37.0. The smallest absolute Gasteiger partial charge is 0.265 e. The Labute approximate surface area is 306 Å². The van der Waals surface area contributed by atoms with Gasteiger partial charge < -0.3 is 19.5 Å². The molecule has 9 rings (SSSR count). The Morgan fingerprint density at radius 2 is 1.57 bits per heavy atom. The van der Waals surface area contributed by atoms with Gasteiger partial charge in [0.25, 0.3) is 11.8 Å². The Bertz CT molecular complexity index is 2700. The van der Waals surface area contributed by atoms with E-state index in [-0.39, 0.29) is 17.2 Å². The first-order valence-electron chi connectivity index (χ1n) is 18.1. The van der Waals surface area contributed by atoms with Crippen LogP contribution >= 0.6 is 0 Å². The third-order valence-electron chi connectivity index (χ3n) is 11.9. The highest BCUT2D eigenvalue weighted by Gasteiger charge is 2.60. The summed E-state index contributed by atoms with van der Waals surface area (Å²) in [6.07, 6.45) is 1.92. The molecule has 1 N–H and O–H groups in total. The number of fused-ring (bicyclic) bond motifs is 7. The molecule has 3 heterocycles. The minimum Gasteiger partial charge on any atom is -0.453 e. The molecule has 9 nitrogen and oxygen atoms in total. The van der Waals surface area contributed by atoms with E-state index < -0.39 is 10.8 Å². The molecule has 264 valence electrons. The number of para-hydroxylation sites is 1. The lowest BCUT2D eigenvalue weighted by atomic mass is 9.56. The van der Waals surface area contributed by atoms with Crippen LogP contribution < -0.4 is 25.4 Å². The number of imide groups is 1. The lowest BCUT2D eigenvalue weighted by Gasteiger charge is -2.46. The zero-order valence-electron chi connectivity index (χ0n) is 30.6. The first kappa shape index (κ1) is 32.7. The number of aromatic nitrogens is 1. The molecule has 0 unspecified atom stereocenters. The predicted molar refractivity (Wildman–Crippen MR) is 212 cm³/mol. The third-order valence-corrected chi connectivity index (χ3v) is 11.9. The molecule has 1 atom stereocenters. The number of likely N-dealkylation sites (N-methyl/N-ethyl adjacent to an activating group) is 1. The molecular weight excluding hydrogens is 663 g/mol. The van der Waals surface area contributed by atoms with Gasteiger partial charge in [-0.25, -0.2) is 9.88 Å². The number of benzene rings is 5. The van der Waals surface area contributed by atoms with Gasteiger partial charge in [0.15, 0.2) is 16.6 Å². The van der Waals surface area contributed by atoms with Crippen molar-refractivity contribution in [1.29, 1.82) is 0 Å². The second-order valence-corrected chi connectivity index (χ2v) is 14.8. The molecule has 0 saturated heterocycles. The van der Waals surface area contributed by atoms with E-state index in [0.29, 0.717) is 44.4 Å². The number of rotatable bonds is 6. The first-order valence-corrected chi connectivity index (χ1v) is 18.1. The van der Waals surface area contributed by atoms with Gasteiger partial charge in [0.1, 0.15) is 11.0 Å². The maximum absolute atomic E-state index is 14.3. The monoisotopic (exact) mass is 701 g/mol. The van der Waals surface area contributed by atoms with Crippen LogP contribution in [0.1, 0.15) is 40.2 Å². The molecule has 0 saturated carbocycles. The summed E-state index contributed by atoms with van der Waals surface area (Å²) in [6, 6.07) is 28.4. The van der Waals surface area contributed by atoms with Crippen LogP contribution in [0.25, 0.3) is 33.0 Å². The molecule has 1 aromatic heterocycles. The number of anilines is 5. The van der Waals surface area contributed by atoms with E-state index in [0.717, 1.165) is 52.5 Å². The number of carbonyl (C=O) groups is 2. The van der Waals surface area contributed by atoms with Crippen LogP contribution in [-0.4, -0.2) is 36.9 Å². The highest BCUT2D eigenvalue weighted by atomic mass is 16.3. The molecular formula is C44H39N5O4. The molecule has 0 radical (unpaired) electrons. The highest BCUT2D eigenvalue weighted by molar-refractivity contribution is 6.34. The summed E-state index contributed by atoms with van der Waals surface area (Å²) in [6.45, 7) is 12.3. The van der Waals surface area contributed by atoms with E-state index in [1.165, 1.54) is 11.0 Å². The molecule has 53 heavy (non-hydrogen) atoms. The standard InChI is InChI=1S/C44H39N5O4/c1-7-48(8-2)27-17-20-33-36(21-27)53-37-24-34(29-19-18-28(50)22-30(29)40(37)46-33)45-25-13-15-26(16-14-25)49-41(51)31-23-38-44(5,43(3,4)39(31)42(49)52)32-11-9-10-12-35(32)47(38)6/h9-24,45H,7-8H2,1-6H3/t44-/m1/s1. The van der Waals surface area contributed by atoms with Gasteiger partial charge in [-0.05, 0) is 93.1 Å². The SMILES string of the molecule is CCN(CC)c1ccc2nc3c(cc(Nc4ccc(N5C(=O)C6=C(C5=O)C(C)(C)[C@@]5(C)C(=C6)N(C)c6ccccc65)cc4)c4ccc(=O)cc43)oc2c1. The number of nitrogens with one attached hydrogen (secondary N) is 1. The number of amides is 2. The van der Waals surface area contributed by atoms with Crippen LogP contribution in [0.2, 0.25) is 0 Å². The van der Waals surface area contributed by atoms with Crippen LogP contribution in [0.15, 0.2) is 123 Å². The summed E-state index contributed by atoms with van der Waals surface area (Å²) in [5, 5.41) is 4.98. The molecule has 3 aliphatic rings. The number of nitrogens with zero attached hydrogens (tertiary/aromatic N) is 4. The van der Waals surface area contributed by atoms with Gasteiger partial charge >= 0.3 is 0 Å². The largest absolute Gasteiger partial charge is 0.453 e. The zero-order valence-corrected chi connectivity index (χ0v) is 30.6. The fraction of sp³-hybridized carbons (Fsp3) is 0.227. The number of allylic oxidation sites excluding steroid dienone is 1. The van der Waals surface area contributed by atoms with Crippen molar-refractivity contribution in [2.24, 2.45) is 5.41 Å². The Morgan fingerprint density at radius 1 is 0.811 bits per heavy atom. The Morgan fingerprint density at radius 3 is 2.32 bits per heavy atom. The summed E-state index contributed by atoms with van der Waals surface area (Å²) in [5.41, 5.74) is 8.47. The van der Waals surface area contributed by atoms with Crippen molar-refractivity contribution >= 4 is 73.2 Å². The Kier molecular flexibility index (Phi) is 7.02. The minimum absolute atomic E-state index is 0.123. The average molecular weight is 702 g/mol. The molecule has 6 aromatic rings. The molecule has 0 bridgehead atoms. The van der Waals surface area contributed by atoms with Gasteiger partial charge in [-0.3, -0.25) is 14.4 Å².